The molecule has 3 rings (SSSR count). The van der Waals surface area contributed by atoms with Gasteiger partial charge >= 0.3 is 0 Å². The molecule has 83 valence electrons. The number of benzene rings is 1. The predicted octanol–water partition coefficient (Wildman–Crippen LogP) is 2.63. The number of aromatic nitrogens is 2. The number of hydrogen-bond acceptors (Lipinski definition) is 1. The van der Waals surface area contributed by atoms with E-state index in [-0.39, 0.29) is 0 Å². The average Bonchev–Trinajstić information content (AvgIpc) is 2.73. The van der Waals surface area contributed by atoms with Crippen LogP contribution in [0, 0.1) is 0 Å². The first-order valence-electron chi connectivity index (χ1n) is 5.60. The highest BCUT2D eigenvalue weighted by molar-refractivity contribution is 6.31. The molecule has 1 saturated heterocycles. The van der Waals surface area contributed by atoms with E-state index in [0.717, 1.165) is 36.5 Å². The Kier molecular flexibility index (Phi) is 2.58. The maximum atomic E-state index is 5.95. The van der Waals surface area contributed by atoms with Crippen molar-refractivity contribution in [3.05, 3.63) is 29.5 Å². The molecule has 0 spiro atoms. The Balaban J connectivity index is 2.03. The van der Waals surface area contributed by atoms with E-state index in [4.69, 9.17) is 11.6 Å². The van der Waals surface area contributed by atoms with Crippen LogP contribution in [0.2, 0.25) is 5.02 Å². The van der Waals surface area contributed by atoms with Gasteiger partial charge in [-0.1, -0.05) is 11.6 Å². The molecule has 1 aromatic carbocycles. The van der Waals surface area contributed by atoms with Crippen LogP contribution in [0.5, 0.6) is 0 Å². The summed E-state index contributed by atoms with van der Waals surface area (Å²) >= 11 is 5.95. The van der Waals surface area contributed by atoms with Crippen molar-refractivity contribution in [3.8, 4) is 0 Å². The summed E-state index contributed by atoms with van der Waals surface area (Å²) in [5.41, 5.74) is 2.16. The normalized spacial score (nSPS) is 18.1. The highest BCUT2D eigenvalue weighted by Gasteiger charge is 2.17. The van der Waals surface area contributed by atoms with Gasteiger partial charge in [0, 0.05) is 24.2 Å². The molecular weight excluding hydrogens is 222 g/mol. The number of halogens is 1. The first-order chi connectivity index (χ1) is 7.84. The van der Waals surface area contributed by atoms with Crippen LogP contribution >= 0.6 is 11.6 Å². The number of rotatable bonds is 1. The number of imidazole rings is 1. The summed E-state index contributed by atoms with van der Waals surface area (Å²) in [4.78, 5) is 4.40. The summed E-state index contributed by atoms with van der Waals surface area (Å²) in [6.45, 7) is 1.94. The highest BCUT2D eigenvalue weighted by Crippen LogP contribution is 2.25. The lowest BCUT2D eigenvalue weighted by atomic mass is 10.1. The lowest BCUT2D eigenvalue weighted by Crippen LogP contribution is -2.24. The zero-order chi connectivity index (χ0) is 11.0. The Labute approximate surface area is 99.4 Å². The minimum atomic E-state index is 0.545. The summed E-state index contributed by atoms with van der Waals surface area (Å²) in [6.07, 6.45) is 4.17. The van der Waals surface area contributed by atoms with E-state index in [9.17, 15) is 0 Å². The van der Waals surface area contributed by atoms with Crippen molar-refractivity contribution in [1.82, 2.24) is 14.9 Å². The van der Waals surface area contributed by atoms with E-state index in [1.165, 1.54) is 5.52 Å². The van der Waals surface area contributed by atoms with Gasteiger partial charge in [-0.05, 0) is 31.0 Å². The van der Waals surface area contributed by atoms with Gasteiger partial charge in [-0.25, -0.2) is 10.3 Å². The van der Waals surface area contributed by atoms with Crippen LogP contribution in [0.15, 0.2) is 24.5 Å². The van der Waals surface area contributed by atoms with Gasteiger partial charge in [-0.3, -0.25) is 0 Å². The number of hydrogen-bond donors (Lipinski definition) is 0. The van der Waals surface area contributed by atoms with E-state index in [0.29, 0.717) is 6.04 Å². The number of fused-ring (bicyclic) bond motifs is 1. The molecule has 0 unspecified atom stereocenters. The summed E-state index contributed by atoms with van der Waals surface area (Å²) in [5, 5.41) is 5.12. The molecule has 0 bridgehead atoms. The quantitative estimate of drug-likeness (QED) is 0.747. The first-order valence-corrected chi connectivity index (χ1v) is 5.98. The van der Waals surface area contributed by atoms with Crippen molar-refractivity contribution < 1.29 is 0 Å². The minimum Gasteiger partial charge on any atom is -0.327 e. The van der Waals surface area contributed by atoms with Gasteiger partial charge < -0.3 is 4.57 Å². The molecule has 2 heterocycles. The van der Waals surface area contributed by atoms with Crippen LogP contribution in [0.3, 0.4) is 0 Å². The molecule has 1 aliphatic rings. The van der Waals surface area contributed by atoms with E-state index in [2.05, 4.69) is 20.9 Å². The number of piperidine rings is 1. The second-order valence-corrected chi connectivity index (χ2v) is 4.62. The molecular formula is C12H13ClN3. The molecule has 2 aromatic rings. The Morgan fingerprint density at radius 2 is 2.06 bits per heavy atom. The van der Waals surface area contributed by atoms with Gasteiger partial charge in [0.25, 0.3) is 0 Å². The van der Waals surface area contributed by atoms with Crippen LogP contribution in [-0.2, 0) is 0 Å². The van der Waals surface area contributed by atoms with Crippen molar-refractivity contribution in [1.29, 1.82) is 0 Å². The van der Waals surface area contributed by atoms with E-state index in [1.807, 2.05) is 18.5 Å². The summed E-state index contributed by atoms with van der Waals surface area (Å²) in [5.74, 6) is 0. The third-order valence-electron chi connectivity index (χ3n) is 3.17. The van der Waals surface area contributed by atoms with Gasteiger partial charge in [0.05, 0.1) is 17.4 Å². The molecule has 0 N–H and O–H groups in total. The maximum Gasteiger partial charge on any atom is 0.0960 e. The second kappa shape index (κ2) is 4.07. The highest BCUT2D eigenvalue weighted by atomic mass is 35.5. The second-order valence-electron chi connectivity index (χ2n) is 4.19. The molecule has 0 aliphatic carbocycles. The average molecular weight is 235 g/mol. The lowest BCUT2D eigenvalue weighted by molar-refractivity contribution is 0.370. The maximum absolute atomic E-state index is 5.95. The van der Waals surface area contributed by atoms with E-state index in [1.54, 1.807) is 0 Å². The van der Waals surface area contributed by atoms with Crippen molar-refractivity contribution in [2.24, 2.45) is 0 Å². The summed E-state index contributed by atoms with van der Waals surface area (Å²) in [7, 11) is 0. The molecule has 0 amide bonds. The summed E-state index contributed by atoms with van der Waals surface area (Å²) < 4.78 is 2.26. The molecule has 1 fully saturated rings. The third-order valence-corrected chi connectivity index (χ3v) is 3.41. The Bertz CT molecular complexity index is 500. The standard InChI is InChI=1S/C12H13ClN3/c13-9-1-2-12-11(7-9)15-8-16(12)10-3-5-14-6-4-10/h1-2,7-8,10H,3-6H2. The smallest absolute Gasteiger partial charge is 0.0960 e. The third kappa shape index (κ3) is 1.70. The molecule has 16 heavy (non-hydrogen) atoms. The monoisotopic (exact) mass is 234 g/mol. The van der Waals surface area contributed by atoms with E-state index < -0.39 is 0 Å². The molecule has 1 radical (unpaired) electrons. The fourth-order valence-electron chi connectivity index (χ4n) is 2.31. The fourth-order valence-corrected chi connectivity index (χ4v) is 2.48. The van der Waals surface area contributed by atoms with Crippen molar-refractivity contribution in [2.75, 3.05) is 13.1 Å². The number of nitrogens with zero attached hydrogens (tertiary/aromatic N) is 3. The van der Waals surface area contributed by atoms with E-state index >= 15 is 0 Å². The Morgan fingerprint density at radius 3 is 2.88 bits per heavy atom. The lowest BCUT2D eigenvalue weighted by Gasteiger charge is -2.23. The van der Waals surface area contributed by atoms with Crippen LogP contribution in [0.4, 0.5) is 0 Å². The van der Waals surface area contributed by atoms with Gasteiger partial charge in [-0.2, -0.15) is 0 Å². The zero-order valence-corrected chi connectivity index (χ0v) is 9.69. The van der Waals surface area contributed by atoms with Crippen molar-refractivity contribution >= 4 is 22.6 Å². The first kappa shape index (κ1) is 10.1. The van der Waals surface area contributed by atoms with Crippen LogP contribution in [0.25, 0.3) is 11.0 Å². The zero-order valence-electron chi connectivity index (χ0n) is 8.93. The Hall–Kier alpha value is -1.06. The molecule has 0 atom stereocenters. The van der Waals surface area contributed by atoms with Crippen molar-refractivity contribution in [2.45, 2.75) is 18.9 Å². The molecule has 1 aromatic heterocycles. The Morgan fingerprint density at radius 1 is 1.25 bits per heavy atom. The predicted molar refractivity (Wildman–Crippen MR) is 64.9 cm³/mol. The fraction of sp³-hybridized carbons (Fsp3) is 0.417. The largest absolute Gasteiger partial charge is 0.327 e. The topological polar surface area (TPSA) is 31.9 Å². The SMILES string of the molecule is Clc1ccc2c(c1)ncn2C1CC[N]CC1. The van der Waals surface area contributed by atoms with Gasteiger partial charge in [0.1, 0.15) is 0 Å². The van der Waals surface area contributed by atoms with Crippen LogP contribution in [0.1, 0.15) is 18.9 Å². The van der Waals surface area contributed by atoms with Gasteiger partial charge in [-0.15, -0.1) is 0 Å². The molecule has 3 nitrogen and oxygen atoms in total. The van der Waals surface area contributed by atoms with Crippen LogP contribution < -0.4 is 5.32 Å². The van der Waals surface area contributed by atoms with Crippen LogP contribution in [-0.4, -0.2) is 22.6 Å². The molecule has 0 saturated carbocycles. The summed E-state index contributed by atoms with van der Waals surface area (Å²) in [6, 6.07) is 6.44. The van der Waals surface area contributed by atoms with Crippen molar-refractivity contribution in [3.63, 3.8) is 0 Å². The molecule has 1 aliphatic heterocycles. The van der Waals surface area contributed by atoms with Gasteiger partial charge in [0.15, 0.2) is 0 Å². The van der Waals surface area contributed by atoms with Gasteiger partial charge in [0.2, 0.25) is 0 Å². The molecule has 4 heteroatoms. The minimum absolute atomic E-state index is 0.545.